The molecule has 1 aliphatic carbocycles. The molecule has 1 atom stereocenters. The Morgan fingerprint density at radius 1 is 1.23 bits per heavy atom. The largest absolute Gasteiger partial charge is 0.351 e. The van der Waals surface area contributed by atoms with E-state index in [9.17, 15) is 14.4 Å². The molecule has 1 aromatic carbocycles. The number of aromatic nitrogens is 2. The highest BCUT2D eigenvalue weighted by atomic mass is 79.9. The number of aryl methyl sites for hydroxylation is 1. The lowest BCUT2D eigenvalue weighted by molar-refractivity contribution is -0.128. The molecule has 158 valence electrons. The van der Waals surface area contributed by atoms with E-state index < -0.39 is 5.41 Å². The monoisotopic (exact) mass is 473 g/mol. The number of rotatable bonds is 7. The van der Waals surface area contributed by atoms with Crippen LogP contribution in [0.4, 0.5) is 5.82 Å². The number of anilines is 1. The average Bonchev–Trinajstić information content (AvgIpc) is 3.37. The van der Waals surface area contributed by atoms with Crippen molar-refractivity contribution in [2.75, 3.05) is 25.0 Å². The molecule has 1 aromatic heterocycles. The van der Waals surface area contributed by atoms with Gasteiger partial charge in [-0.1, -0.05) is 15.9 Å². The van der Waals surface area contributed by atoms with E-state index in [1.165, 1.54) is 10.9 Å². The molecule has 2 amide bonds. The van der Waals surface area contributed by atoms with Crippen LogP contribution in [0, 0.1) is 11.3 Å². The number of nitrogens with one attached hydrogen (secondary N) is 3. The van der Waals surface area contributed by atoms with Crippen LogP contribution in [-0.2, 0) is 11.8 Å². The zero-order valence-corrected chi connectivity index (χ0v) is 18.3. The molecule has 0 bridgehead atoms. The predicted octanol–water partition coefficient (Wildman–Crippen LogP) is 2.12. The van der Waals surface area contributed by atoms with Crippen molar-refractivity contribution >= 4 is 39.3 Å². The number of benzene rings is 1. The van der Waals surface area contributed by atoms with E-state index in [-0.39, 0.29) is 35.6 Å². The van der Waals surface area contributed by atoms with Crippen LogP contribution in [0.15, 0.2) is 34.9 Å². The van der Waals surface area contributed by atoms with Gasteiger partial charge in [0.1, 0.15) is 17.2 Å². The molecule has 1 saturated carbocycles. The highest BCUT2D eigenvalue weighted by Crippen LogP contribution is 2.39. The van der Waals surface area contributed by atoms with Crippen molar-refractivity contribution in [3.05, 3.63) is 46.1 Å². The zero-order chi connectivity index (χ0) is 21.3. The minimum Gasteiger partial charge on any atom is -0.351 e. The maximum Gasteiger partial charge on any atom is 0.256 e. The highest BCUT2D eigenvalue weighted by Gasteiger charge is 2.47. The lowest BCUT2D eigenvalue weighted by Crippen LogP contribution is -2.45. The summed E-state index contributed by atoms with van der Waals surface area (Å²) >= 11 is 3.34. The quantitative estimate of drug-likeness (QED) is 0.571. The fourth-order valence-electron chi connectivity index (χ4n) is 3.85. The molecule has 1 aliphatic heterocycles. The van der Waals surface area contributed by atoms with Gasteiger partial charge >= 0.3 is 0 Å². The van der Waals surface area contributed by atoms with Gasteiger partial charge in [0.25, 0.3) is 11.8 Å². The Balaban J connectivity index is 1.46. The molecule has 2 heterocycles. The summed E-state index contributed by atoms with van der Waals surface area (Å²) < 4.78 is 2.32. The van der Waals surface area contributed by atoms with E-state index >= 15 is 0 Å². The number of halogens is 1. The van der Waals surface area contributed by atoms with Crippen molar-refractivity contribution < 1.29 is 14.4 Å². The van der Waals surface area contributed by atoms with Crippen molar-refractivity contribution in [1.29, 1.82) is 0 Å². The molecule has 1 saturated heterocycles. The Bertz CT molecular complexity index is 975. The summed E-state index contributed by atoms with van der Waals surface area (Å²) in [6, 6.07) is 6.93. The Morgan fingerprint density at radius 2 is 1.97 bits per heavy atom. The van der Waals surface area contributed by atoms with E-state index in [2.05, 4.69) is 37.0 Å². The summed E-state index contributed by atoms with van der Waals surface area (Å²) in [5.41, 5.74) is 0.194. The van der Waals surface area contributed by atoms with Crippen LogP contribution < -0.4 is 16.0 Å². The second-order valence-corrected chi connectivity index (χ2v) is 8.94. The Morgan fingerprint density at radius 3 is 2.60 bits per heavy atom. The summed E-state index contributed by atoms with van der Waals surface area (Å²) in [5, 5.41) is 13.1. The molecule has 2 aliphatic rings. The Labute approximate surface area is 182 Å². The SMILES string of the molecule is Cn1ncc(C(=O)NC[C@]2(C(=O)C3CC3)CCNC2)c1NC(=O)c1ccc(Br)cc1. The summed E-state index contributed by atoms with van der Waals surface area (Å²) in [5.74, 6) is 0.0147. The van der Waals surface area contributed by atoms with Gasteiger partial charge in [0.2, 0.25) is 0 Å². The van der Waals surface area contributed by atoms with Gasteiger partial charge in [-0.25, -0.2) is 0 Å². The maximum absolute atomic E-state index is 12.9. The molecular formula is C21H24BrN5O3. The molecule has 2 aromatic rings. The number of nitrogens with zero attached hydrogens (tertiary/aromatic N) is 2. The standard InChI is InChI=1S/C21H24BrN5O3/c1-27-18(26-19(29)14-4-6-15(22)7-5-14)16(10-25-27)20(30)24-12-21(8-9-23-11-21)17(28)13-2-3-13/h4-7,10,13,23H,2-3,8-9,11-12H2,1H3,(H,24,30)(H,26,29)/t21-/m0/s1. The third kappa shape index (κ3) is 4.17. The first kappa shape index (κ1) is 20.7. The molecule has 0 spiro atoms. The molecule has 0 unspecified atom stereocenters. The maximum atomic E-state index is 12.9. The summed E-state index contributed by atoms with van der Waals surface area (Å²) in [6.45, 7) is 1.64. The number of Topliss-reactive ketones (excluding diaryl/α,β-unsaturated/α-hetero) is 1. The average molecular weight is 474 g/mol. The van der Waals surface area contributed by atoms with Crippen molar-refractivity contribution in [2.45, 2.75) is 19.3 Å². The van der Waals surface area contributed by atoms with Gasteiger partial charge in [-0.05, 0) is 50.1 Å². The van der Waals surface area contributed by atoms with Gasteiger partial charge in [0.15, 0.2) is 0 Å². The van der Waals surface area contributed by atoms with E-state index in [0.717, 1.165) is 30.3 Å². The smallest absolute Gasteiger partial charge is 0.256 e. The second-order valence-electron chi connectivity index (χ2n) is 8.02. The lowest BCUT2D eigenvalue weighted by atomic mass is 9.80. The van der Waals surface area contributed by atoms with Crippen LogP contribution in [0.1, 0.15) is 40.0 Å². The first-order valence-electron chi connectivity index (χ1n) is 10.0. The van der Waals surface area contributed by atoms with Gasteiger partial charge < -0.3 is 16.0 Å². The molecule has 3 N–H and O–H groups in total. The fraction of sp³-hybridized carbons (Fsp3) is 0.429. The number of hydrogen-bond acceptors (Lipinski definition) is 5. The van der Waals surface area contributed by atoms with Crippen molar-refractivity contribution in [3.63, 3.8) is 0 Å². The number of carbonyl (C=O) groups is 3. The molecule has 9 heteroatoms. The van der Waals surface area contributed by atoms with E-state index in [1.54, 1.807) is 31.3 Å². The number of amides is 2. The van der Waals surface area contributed by atoms with Crippen LogP contribution in [0.5, 0.6) is 0 Å². The van der Waals surface area contributed by atoms with Crippen LogP contribution in [0.3, 0.4) is 0 Å². The van der Waals surface area contributed by atoms with Crippen molar-refractivity contribution in [3.8, 4) is 0 Å². The lowest BCUT2D eigenvalue weighted by Gasteiger charge is -2.27. The first-order chi connectivity index (χ1) is 14.4. The summed E-state index contributed by atoms with van der Waals surface area (Å²) in [6.07, 6.45) is 4.05. The highest BCUT2D eigenvalue weighted by molar-refractivity contribution is 9.10. The third-order valence-corrected chi connectivity index (χ3v) is 6.35. The Kier molecular flexibility index (Phi) is 5.75. The Hall–Kier alpha value is -2.52. The van der Waals surface area contributed by atoms with Crippen LogP contribution >= 0.6 is 15.9 Å². The van der Waals surface area contributed by atoms with Gasteiger partial charge in [-0.2, -0.15) is 5.10 Å². The minimum absolute atomic E-state index is 0.140. The van der Waals surface area contributed by atoms with Gasteiger partial charge in [0, 0.05) is 36.1 Å². The minimum atomic E-state index is -0.542. The number of ketones is 1. The normalized spacial score (nSPS) is 20.7. The van der Waals surface area contributed by atoms with Gasteiger partial charge in [0.05, 0.1) is 11.6 Å². The topological polar surface area (TPSA) is 105 Å². The summed E-state index contributed by atoms with van der Waals surface area (Å²) in [4.78, 5) is 38.3. The van der Waals surface area contributed by atoms with Crippen LogP contribution in [-0.4, -0.2) is 47.0 Å². The van der Waals surface area contributed by atoms with Crippen molar-refractivity contribution in [1.82, 2.24) is 20.4 Å². The molecule has 30 heavy (non-hydrogen) atoms. The van der Waals surface area contributed by atoms with Crippen LogP contribution in [0.2, 0.25) is 0 Å². The van der Waals surface area contributed by atoms with E-state index in [4.69, 9.17) is 0 Å². The van der Waals surface area contributed by atoms with Gasteiger partial charge in [-0.15, -0.1) is 0 Å². The molecule has 2 fully saturated rings. The number of carbonyl (C=O) groups excluding carboxylic acids is 3. The molecule has 4 rings (SSSR count). The second kappa shape index (κ2) is 8.31. The molecule has 0 radical (unpaired) electrons. The zero-order valence-electron chi connectivity index (χ0n) is 16.7. The van der Waals surface area contributed by atoms with Crippen molar-refractivity contribution in [2.24, 2.45) is 18.4 Å². The molecular weight excluding hydrogens is 450 g/mol. The van der Waals surface area contributed by atoms with Crippen LogP contribution in [0.25, 0.3) is 0 Å². The van der Waals surface area contributed by atoms with Gasteiger partial charge in [-0.3, -0.25) is 19.1 Å². The predicted molar refractivity (Wildman–Crippen MR) is 115 cm³/mol. The number of hydrogen-bond donors (Lipinski definition) is 3. The third-order valence-electron chi connectivity index (χ3n) is 5.82. The molecule has 8 nitrogen and oxygen atoms in total. The fourth-order valence-corrected chi connectivity index (χ4v) is 4.11. The summed E-state index contributed by atoms with van der Waals surface area (Å²) in [7, 11) is 1.66. The van der Waals surface area contributed by atoms with E-state index in [0.29, 0.717) is 17.9 Å². The first-order valence-corrected chi connectivity index (χ1v) is 10.8. The van der Waals surface area contributed by atoms with E-state index in [1.807, 2.05) is 0 Å².